The summed E-state index contributed by atoms with van der Waals surface area (Å²) in [5, 5.41) is 0. The van der Waals surface area contributed by atoms with Crippen LogP contribution in [0, 0.1) is 0 Å². The fourth-order valence-electron chi connectivity index (χ4n) is 1.67. The minimum absolute atomic E-state index is 0.0625. The monoisotopic (exact) mass is 330 g/mol. The first-order chi connectivity index (χ1) is 10.00. The lowest BCUT2D eigenvalue weighted by Crippen LogP contribution is -2.35. The van der Waals surface area contributed by atoms with Crippen LogP contribution in [0.2, 0.25) is 0 Å². The maximum absolute atomic E-state index is 13.6. The molecule has 118 valence electrons. The number of nitrogens with zero attached hydrogens (tertiary/aromatic N) is 2. The lowest BCUT2D eigenvalue weighted by Gasteiger charge is -2.04. The van der Waals surface area contributed by atoms with E-state index in [1.165, 1.54) is 0 Å². The topological polar surface area (TPSA) is 7.76 Å². The summed E-state index contributed by atoms with van der Waals surface area (Å²) in [6.45, 7) is 0. The summed E-state index contributed by atoms with van der Waals surface area (Å²) in [7, 11) is 0. The zero-order valence-electron chi connectivity index (χ0n) is 10.4. The first-order valence-electron chi connectivity index (χ1n) is 5.58. The second-order valence-corrected chi connectivity index (χ2v) is 4.22. The molecule has 2 rings (SSSR count). The van der Waals surface area contributed by atoms with Gasteiger partial charge in [-0.2, -0.15) is 26.3 Å². The normalized spacial score (nSPS) is 12.5. The maximum atomic E-state index is 13.6. The first kappa shape index (κ1) is 16.1. The molecule has 0 aliphatic carbocycles. The lowest BCUT2D eigenvalue weighted by molar-refractivity contribution is -0.859. The molecule has 10 heteroatoms. The van der Waals surface area contributed by atoms with E-state index in [0.29, 0.717) is 24.3 Å². The Kier molecular flexibility index (Phi) is 3.80. The van der Waals surface area contributed by atoms with Crippen LogP contribution in [0.1, 0.15) is 11.1 Å². The smallest absolute Gasteiger partial charge is 0.166 e. The first-order valence-corrected chi connectivity index (χ1v) is 5.58. The largest absolute Gasteiger partial charge is 0.422 e. The van der Waals surface area contributed by atoms with E-state index >= 15 is 0 Å². The van der Waals surface area contributed by atoms with Crippen molar-refractivity contribution >= 4 is 0 Å². The van der Waals surface area contributed by atoms with Gasteiger partial charge in [0.15, 0.2) is 0 Å². The molecule has 0 amide bonds. The lowest BCUT2D eigenvalue weighted by atomic mass is 10.2. The Balaban J connectivity index is 2.49. The molecular weight excluding hydrogens is 324 g/mol. The predicted molar refractivity (Wildman–Crippen MR) is 55.3 cm³/mol. The molecule has 0 saturated carbocycles. The highest BCUT2D eigenvalue weighted by Gasteiger charge is 2.38. The van der Waals surface area contributed by atoms with Gasteiger partial charge in [-0.1, -0.05) is 0 Å². The van der Waals surface area contributed by atoms with Gasteiger partial charge < -0.3 is 0 Å². The van der Waals surface area contributed by atoms with E-state index in [1.54, 1.807) is 0 Å². The van der Waals surface area contributed by atoms with Gasteiger partial charge in [-0.3, -0.25) is 0 Å². The molecule has 0 bridgehead atoms. The van der Waals surface area contributed by atoms with Crippen molar-refractivity contribution in [3.63, 3.8) is 0 Å². The molecule has 0 aliphatic rings. The third kappa shape index (κ3) is 3.15. The summed E-state index contributed by atoms with van der Waals surface area (Å²) in [5.74, 6) is 0. The fourth-order valence-corrected chi connectivity index (χ4v) is 1.67. The summed E-state index contributed by atoms with van der Waals surface area (Å²) in [6.07, 6.45) is -9.49. The van der Waals surface area contributed by atoms with Crippen LogP contribution in [0.3, 0.4) is 0 Å². The van der Waals surface area contributed by atoms with Gasteiger partial charge in [0.2, 0.25) is 12.4 Å². The molecule has 2 heterocycles. The average molecular weight is 330 g/mol. The SMILES string of the molecule is F[n+]1cc(C(F)(F)F)ccc1-c1ccc(C(F)(F)F)c[n+]1F. The zero-order valence-corrected chi connectivity index (χ0v) is 10.4. The standard InChI is InChI=1S/C12H6F8N2/c13-11(14,15)7-1-3-9(21(19)5-7)10-4-2-8(6-22(10)20)12(16,17)18/h1-6H/q+2. The van der Waals surface area contributed by atoms with Crippen LogP contribution in [-0.4, -0.2) is 0 Å². The summed E-state index contributed by atoms with van der Waals surface area (Å²) in [5.41, 5.74) is -4.00. The molecule has 2 nitrogen and oxygen atoms in total. The molecule has 0 spiro atoms. The van der Waals surface area contributed by atoms with Crippen LogP contribution in [0.25, 0.3) is 11.4 Å². The van der Waals surface area contributed by atoms with E-state index < -0.39 is 44.4 Å². The molecule has 0 N–H and O–H groups in total. The summed E-state index contributed by atoms with van der Waals surface area (Å²) < 4.78 is 101. The molecule has 0 aromatic carbocycles. The highest BCUT2D eigenvalue weighted by Crippen LogP contribution is 2.30. The van der Waals surface area contributed by atoms with Crippen molar-refractivity contribution < 1.29 is 44.9 Å². The number of alkyl halides is 6. The van der Waals surface area contributed by atoms with Crippen LogP contribution in [-0.2, 0) is 12.4 Å². The van der Waals surface area contributed by atoms with Crippen LogP contribution >= 0.6 is 0 Å². The van der Waals surface area contributed by atoms with Crippen LogP contribution < -0.4 is 9.58 Å². The van der Waals surface area contributed by atoms with Gasteiger partial charge in [-0.15, -0.1) is 0 Å². The maximum Gasteiger partial charge on any atom is 0.422 e. The average Bonchev–Trinajstić information content (AvgIpc) is 2.37. The Labute approximate surface area is 117 Å². The number of hydrogen-bond acceptors (Lipinski definition) is 0. The Morgan fingerprint density at radius 3 is 1.14 bits per heavy atom. The number of halogens is 8. The minimum Gasteiger partial charge on any atom is -0.166 e. The third-order valence-corrected chi connectivity index (χ3v) is 2.72. The van der Waals surface area contributed by atoms with Crippen LogP contribution in [0.5, 0.6) is 0 Å². The van der Waals surface area contributed by atoms with Gasteiger partial charge in [0.25, 0.3) is 0 Å². The number of rotatable bonds is 1. The Hall–Kier alpha value is -2.26. The predicted octanol–water partition coefficient (Wildman–Crippen LogP) is 3.43. The van der Waals surface area contributed by atoms with Crippen LogP contribution in [0.4, 0.5) is 35.3 Å². The molecule has 0 fully saturated rings. The molecule has 0 atom stereocenters. The Bertz CT molecular complexity index is 644. The van der Waals surface area contributed by atoms with E-state index in [1.807, 2.05) is 0 Å². The number of aromatic nitrogens is 2. The third-order valence-electron chi connectivity index (χ3n) is 2.72. The summed E-state index contributed by atoms with van der Waals surface area (Å²) in [4.78, 5) is -1.02. The summed E-state index contributed by atoms with van der Waals surface area (Å²) >= 11 is 0. The Morgan fingerprint density at radius 2 is 0.909 bits per heavy atom. The van der Waals surface area contributed by atoms with Crippen molar-refractivity contribution in [3.8, 4) is 11.4 Å². The van der Waals surface area contributed by atoms with E-state index in [4.69, 9.17) is 0 Å². The highest BCUT2D eigenvalue weighted by molar-refractivity contribution is 5.47. The quantitative estimate of drug-likeness (QED) is 0.708. The fraction of sp³-hybridized carbons (Fsp3) is 0.167. The van der Waals surface area contributed by atoms with Crippen LogP contribution in [0.15, 0.2) is 36.7 Å². The number of hydrogen-bond donors (Lipinski definition) is 0. The number of pyridine rings is 2. The van der Waals surface area contributed by atoms with Gasteiger partial charge in [0, 0.05) is 21.7 Å². The van der Waals surface area contributed by atoms with Crippen molar-refractivity contribution in [2.75, 3.05) is 0 Å². The molecule has 0 saturated heterocycles. The van der Waals surface area contributed by atoms with Crippen molar-refractivity contribution in [1.29, 1.82) is 0 Å². The molecule has 2 aromatic rings. The highest BCUT2D eigenvalue weighted by atomic mass is 19.4. The van der Waals surface area contributed by atoms with Gasteiger partial charge >= 0.3 is 23.7 Å². The van der Waals surface area contributed by atoms with Crippen molar-refractivity contribution in [2.24, 2.45) is 0 Å². The van der Waals surface area contributed by atoms with Gasteiger partial charge in [0.05, 0.1) is 8.96 Å². The van der Waals surface area contributed by atoms with Gasteiger partial charge in [0.1, 0.15) is 11.1 Å². The Morgan fingerprint density at radius 1 is 0.591 bits per heavy atom. The minimum atomic E-state index is -4.81. The molecule has 0 unspecified atom stereocenters. The van der Waals surface area contributed by atoms with E-state index in [-0.39, 0.29) is 12.4 Å². The van der Waals surface area contributed by atoms with E-state index in [9.17, 15) is 35.3 Å². The molecule has 0 aliphatic heterocycles. The summed E-state index contributed by atoms with van der Waals surface area (Å²) in [6, 6.07) is 2.20. The molecule has 22 heavy (non-hydrogen) atoms. The molecular formula is C12H6F8N2+2. The molecule has 0 radical (unpaired) electrons. The van der Waals surface area contributed by atoms with Crippen molar-refractivity contribution in [2.45, 2.75) is 12.4 Å². The van der Waals surface area contributed by atoms with Gasteiger partial charge in [-0.05, 0) is 12.1 Å². The zero-order chi connectivity index (χ0) is 16.7. The van der Waals surface area contributed by atoms with Crippen molar-refractivity contribution in [1.82, 2.24) is 0 Å². The second-order valence-electron chi connectivity index (χ2n) is 4.22. The van der Waals surface area contributed by atoms with Crippen molar-refractivity contribution in [3.05, 3.63) is 47.8 Å². The molecule has 2 aromatic heterocycles. The second kappa shape index (κ2) is 5.18. The van der Waals surface area contributed by atoms with E-state index in [0.717, 1.165) is 0 Å². The van der Waals surface area contributed by atoms with E-state index in [2.05, 4.69) is 0 Å². The van der Waals surface area contributed by atoms with Gasteiger partial charge in [-0.25, -0.2) is 0 Å².